The number of pyridine rings is 1. The van der Waals surface area contributed by atoms with Crippen LogP contribution in [0.3, 0.4) is 0 Å². The summed E-state index contributed by atoms with van der Waals surface area (Å²) in [4.78, 5) is 38.9. The second-order valence-electron chi connectivity index (χ2n) is 9.02. The van der Waals surface area contributed by atoms with E-state index in [1.807, 2.05) is 11.8 Å². The van der Waals surface area contributed by atoms with Crippen LogP contribution in [0, 0.1) is 11.8 Å². The number of amides is 1. The van der Waals surface area contributed by atoms with Gasteiger partial charge >= 0.3 is 0 Å². The van der Waals surface area contributed by atoms with Crippen LogP contribution in [0.2, 0.25) is 0 Å². The molecule has 8 nitrogen and oxygen atoms in total. The molecule has 1 saturated carbocycles. The third kappa shape index (κ3) is 4.13. The highest BCUT2D eigenvalue weighted by Crippen LogP contribution is 2.37. The minimum Gasteiger partial charge on any atom is -0.363 e. The molecule has 1 aromatic carbocycles. The second-order valence-corrected chi connectivity index (χ2v) is 9.02. The summed E-state index contributed by atoms with van der Waals surface area (Å²) in [5.74, 6) is -1.40. The molecule has 5 rings (SSSR count). The van der Waals surface area contributed by atoms with Crippen LogP contribution in [-0.2, 0) is 6.54 Å². The van der Waals surface area contributed by atoms with E-state index in [-0.39, 0.29) is 28.7 Å². The molecule has 3 heterocycles. The molecule has 178 valence electrons. The fraction of sp³-hybridized carbons (Fsp3) is 0.417. The number of nitrogens with one attached hydrogen (secondary N) is 2. The number of hydrogen-bond donors (Lipinski definition) is 2. The maximum absolute atomic E-state index is 15.2. The molecule has 2 N–H and O–H groups in total. The van der Waals surface area contributed by atoms with Crippen molar-refractivity contribution in [2.75, 3.05) is 31.6 Å². The summed E-state index contributed by atoms with van der Waals surface area (Å²) in [5.41, 5.74) is 1.63. The smallest absolute Gasteiger partial charge is 0.270 e. The normalized spacial score (nSPS) is 18.9. The standard InChI is InChI=1S/C24H26F2N6O2/c1-13-11-31(9-10-32(13)18-8-7-17(23(33)27-2)29-22(18)26)12-15-5-6-16-21(19(15)25)30-24(34)20(28-16)14-3-4-14/h5-8,13-14H,3-4,9-12H2,1-2H3,(H,27,33)(H,30,34)/t13-/m0/s1. The Morgan fingerprint density at radius 2 is 1.97 bits per heavy atom. The number of fused-ring (bicyclic) bond motifs is 1. The minimum absolute atomic E-state index is 0.0265. The van der Waals surface area contributed by atoms with Crippen molar-refractivity contribution in [2.45, 2.75) is 38.3 Å². The number of halogens is 2. The molecule has 1 saturated heterocycles. The van der Waals surface area contributed by atoms with Gasteiger partial charge in [0.05, 0.1) is 11.2 Å². The molecular formula is C24H26F2N6O2. The van der Waals surface area contributed by atoms with Gasteiger partial charge in [0, 0.05) is 50.7 Å². The lowest BCUT2D eigenvalue weighted by atomic mass is 10.1. The largest absolute Gasteiger partial charge is 0.363 e. The van der Waals surface area contributed by atoms with Crippen molar-refractivity contribution in [1.82, 2.24) is 25.2 Å². The Kier molecular flexibility index (Phi) is 5.76. The van der Waals surface area contributed by atoms with Crippen molar-refractivity contribution in [3.8, 4) is 0 Å². The Bertz CT molecular complexity index is 1320. The van der Waals surface area contributed by atoms with Gasteiger partial charge in [0.1, 0.15) is 16.9 Å². The monoisotopic (exact) mass is 468 g/mol. The molecule has 0 bridgehead atoms. The van der Waals surface area contributed by atoms with Crippen molar-refractivity contribution >= 4 is 22.6 Å². The van der Waals surface area contributed by atoms with Crippen molar-refractivity contribution in [1.29, 1.82) is 0 Å². The highest BCUT2D eigenvalue weighted by molar-refractivity contribution is 5.92. The van der Waals surface area contributed by atoms with Gasteiger partial charge < -0.3 is 15.2 Å². The number of H-pyrrole nitrogens is 1. The van der Waals surface area contributed by atoms with E-state index in [0.29, 0.717) is 48.6 Å². The van der Waals surface area contributed by atoms with Crippen molar-refractivity contribution in [3.63, 3.8) is 0 Å². The van der Waals surface area contributed by atoms with Gasteiger partial charge in [0.15, 0.2) is 5.82 Å². The maximum atomic E-state index is 15.2. The van der Waals surface area contributed by atoms with Gasteiger partial charge in [-0.25, -0.2) is 14.4 Å². The Balaban J connectivity index is 1.31. The Morgan fingerprint density at radius 3 is 2.65 bits per heavy atom. The number of anilines is 1. The van der Waals surface area contributed by atoms with Crippen molar-refractivity contribution in [2.24, 2.45) is 0 Å². The average Bonchev–Trinajstić information content (AvgIpc) is 3.66. The Hall–Kier alpha value is -3.40. The summed E-state index contributed by atoms with van der Waals surface area (Å²) in [6.45, 7) is 4.04. The number of carbonyl (C=O) groups is 1. The van der Waals surface area contributed by atoms with E-state index in [4.69, 9.17) is 0 Å². The number of nitrogens with zero attached hydrogens (tertiary/aromatic N) is 4. The zero-order chi connectivity index (χ0) is 24.0. The molecule has 1 aliphatic heterocycles. The van der Waals surface area contributed by atoms with Crippen LogP contribution in [0.4, 0.5) is 14.5 Å². The predicted molar refractivity (Wildman–Crippen MR) is 124 cm³/mol. The fourth-order valence-electron chi connectivity index (χ4n) is 4.61. The third-order valence-corrected chi connectivity index (χ3v) is 6.58. The van der Waals surface area contributed by atoms with E-state index < -0.39 is 17.7 Å². The molecule has 3 aromatic rings. The molecule has 0 unspecified atom stereocenters. The van der Waals surface area contributed by atoms with Crippen LogP contribution >= 0.6 is 0 Å². The highest BCUT2D eigenvalue weighted by atomic mass is 19.1. The Labute approximate surface area is 195 Å². The van der Waals surface area contributed by atoms with E-state index in [1.165, 1.54) is 13.1 Å². The first kappa shape index (κ1) is 22.4. The van der Waals surface area contributed by atoms with E-state index >= 15 is 4.39 Å². The van der Waals surface area contributed by atoms with Gasteiger partial charge in [-0.3, -0.25) is 14.5 Å². The lowest BCUT2D eigenvalue weighted by molar-refractivity contribution is 0.0957. The van der Waals surface area contributed by atoms with Crippen molar-refractivity contribution < 1.29 is 13.6 Å². The Morgan fingerprint density at radius 1 is 1.18 bits per heavy atom. The van der Waals surface area contributed by atoms with Gasteiger partial charge in [-0.2, -0.15) is 4.39 Å². The quantitative estimate of drug-likeness (QED) is 0.559. The van der Waals surface area contributed by atoms with E-state index in [2.05, 4.69) is 25.2 Å². The van der Waals surface area contributed by atoms with Crippen molar-refractivity contribution in [3.05, 3.63) is 63.3 Å². The van der Waals surface area contributed by atoms with Crippen LogP contribution < -0.4 is 15.8 Å². The average molecular weight is 469 g/mol. The summed E-state index contributed by atoms with van der Waals surface area (Å²) in [5, 5.41) is 2.43. The molecule has 0 radical (unpaired) electrons. The molecule has 2 aliphatic rings. The molecule has 2 aromatic heterocycles. The number of hydrogen-bond acceptors (Lipinski definition) is 6. The molecule has 1 atom stereocenters. The number of carbonyl (C=O) groups excluding carboxylic acids is 1. The molecular weight excluding hydrogens is 442 g/mol. The first-order valence-corrected chi connectivity index (χ1v) is 11.4. The van der Waals surface area contributed by atoms with E-state index in [1.54, 1.807) is 18.2 Å². The SMILES string of the molecule is CNC(=O)c1ccc(N2CCN(Cc3ccc4nc(C5CC5)c(=O)[nH]c4c3F)C[C@@H]2C)c(F)n1. The topological polar surface area (TPSA) is 94.2 Å². The summed E-state index contributed by atoms with van der Waals surface area (Å²) in [7, 11) is 1.47. The lowest BCUT2D eigenvalue weighted by Gasteiger charge is -2.41. The maximum Gasteiger partial charge on any atom is 0.270 e. The summed E-state index contributed by atoms with van der Waals surface area (Å²) >= 11 is 0. The predicted octanol–water partition coefficient (Wildman–Crippen LogP) is 2.54. The van der Waals surface area contributed by atoms with Gasteiger partial charge in [-0.1, -0.05) is 6.07 Å². The molecule has 1 amide bonds. The van der Waals surface area contributed by atoms with E-state index in [9.17, 15) is 14.0 Å². The van der Waals surface area contributed by atoms with Crippen LogP contribution in [0.1, 0.15) is 47.4 Å². The van der Waals surface area contributed by atoms with Gasteiger partial charge in [0.25, 0.3) is 11.5 Å². The minimum atomic E-state index is -0.691. The third-order valence-electron chi connectivity index (χ3n) is 6.58. The lowest BCUT2D eigenvalue weighted by Crippen LogP contribution is -2.52. The highest BCUT2D eigenvalue weighted by Gasteiger charge is 2.30. The van der Waals surface area contributed by atoms with Gasteiger partial charge in [-0.05, 0) is 38.0 Å². The summed E-state index contributed by atoms with van der Waals surface area (Å²) in [6.07, 6.45) is 1.90. The summed E-state index contributed by atoms with van der Waals surface area (Å²) < 4.78 is 29.9. The van der Waals surface area contributed by atoms with Crippen LogP contribution in [0.25, 0.3) is 11.0 Å². The molecule has 2 fully saturated rings. The fourth-order valence-corrected chi connectivity index (χ4v) is 4.61. The number of rotatable bonds is 5. The second kappa shape index (κ2) is 8.75. The number of aromatic nitrogens is 3. The molecule has 1 aliphatic carbocycles. The first-order chi connectivity index (χ1) is 16.4. The number of piperazine rings is 1. The zero-order valence-corrected chi connectivity index (χ0v) is 19.1. The van der Waals surface area contributed by atoms with E-state index in [0.717, 1.165) is 12.8 Å². The first-order valence-electron chi connectivity index (χ1n) is 11.4. The van der Waals surface area contributed by atoms with Crippen LogP contribution in [0.5, 0.6) is 0 Å². The molecule has 0 spiro atoms. The molecule has 34 heavy (non-hydrogen) atoms. The van der Waals surface area contributed by atoms with Gasteiger partial charge in [0.2, 0.25) is 5.95 Å². The van der Waals surface area contributed by atoms with Crippen LogP contribution in [-0.4, -0.2) is 58.5 Å². The number of benzene rings is 1. The summed E-state index contributed by atoms with van der Waals surface area (Å²) in [6, 6.07) is 6.50. The number of aromatic amines is 1. The zero-order valence-electron chi connectivity index (χ0n) is 19.1. The molecule has 10 heteroatoms. The van der Waals surface area contributed by atoms with Gasteiger partial charge in [-0.15, -0.1) is 0 Å². The van der Waals surface area contributed by atoms with Crippen LogP contribution in [0.15, 0.2) is 29.1 Å².